The first-order valence-corrected chi connectivity index (χ1v) is 3.82. The van der Waals surface area contributed by atoms with Crippen molar-refractivity contribution >= 4 is 18.4 Å². The molecule has 4 nitrogen and oxygen atoms in total. The average molecular weight is 197 g/mol. The van der Waals surface area contributed by atoms with Crippen LogP contribution in [0.1, 0.15) is 19.3 Å². The van der Waals surface area contributed by atoms with E-state index < -0.39 is 12.0 Å². The Bertz CT molecular complexity index is 122. The Kier molecular flexibility index (Phi) is 10.4. The molecule has 12 heavy (non-hydrogen) atoms. The van der Waals surface area contributed by atoms with Gasteiger partial charge in [0.15, 0.2) is 0 Å². The molecular weight excluding hydrogens is 180 g/mol. The number of carboxylic acid groups (broad SMARTS) is 1. The number of hydrogen-bond acceptors (Lipinski definition) is 3. The fourth-order valence-corrected chi connectivity index (χ4v) is 0.884. The van der Waals surface area contributed by atoms with E-state index in [0.29, 0.717) is 13.0 Å². The van der Waals surface area contributed by atoms with Crippen molar-refractivity contribution in [3.8, 4) is 0 Å². The molecule has 5 heteroatoms. The fraction of sp³-hybridized carbons (Fsp3) is 0.857. The molecule has 0 aromatic carbocycles. The molecule has 0 heterocycles. The van der Waals surface area contributed by atoms with E-state index in [4.69, 9.17) is 10.8 Å². The normalized spacial score (nSPS) is 11.8. The van der Waals surface area contributed by atoms with E-state index in [2.05, 4.69) is 5.32 Å². The summed E-state index contributed by atoms with van der Waals surface area (Å²) in [5.41, 5.74) is 5.26. The molecule has 74 valence electrons. The third-order valence-electron chi connectivity index (χ3n) is 1.59. The van der Waals surface area contributed by atoms with Gasteiger partial charge < -0.3 is 16.2 Å². The predicted octanol–water partition coefficient (Wildman–Crippen LogP) is 0.210. The quantitative estimate of drug-likeness (QED) is 0.531. The first-order valence-electron chi connectivity index (χ1n) is 3.82. The van der Waals surface area contributed by atoms with Gasteiger partial charge >= 0.3 is 5.97 Å². The Balaban J connectivity index is 0. The maximum absolute atomic E-state index is 10.4. The summed E-state index contributed by atoms with van der Waals surface area (Å²) >= 11 is 0. The van der Waals surface area contributed by atoms with Crippen LogP contribution in [0.4, 0.5) is 0 Å². The van der Waals surface area contributed by atoms with E-state index in [-0.39, 0.29) is 12.4 Å². The molecule has 0 spiro atoms. The third-order valence-corrected chi connectivity index (χ3v) is 1.59. The summed E-state index contributed by atoms with van der Waals surface area (Å²) in [5, 5.41) is 11.3. The molecule has 0 saturated carbocycles. The van der Waals surface area contributed by atoms with Crippen LogP contribution in [-0.2, 0) is 4.79 Å². The van der Waals surface area contributed by atoms with Crippen LogP contribution < -0.4 is 11.1 Å². The molecule has 0 unspecified atom stereocenters. The summed E-state index contributed by atoms with van der Waals surface area (Å²) < 4.78 is 0. The maximum atomic E-state index is 10.4. The summed E-state index contributed by atoms with van der Waals surface area (Å²) in [5.74, 6) is -0.787. The molecule has 0 fully saturated rings. The highest BCUT2D eigenvalue weighted by Crippen LogP contribution is 1.99. The first-order chi connectivity index (χ1) is 5.22. The predicted molar refractivity (Wildman–Crippen MR) is 50.6 cm³/mol. The summed E-state index contributed by atoms with van der Waals surface area (Å²) in [6, 6.07) is -0.415. The zero-order valence-electron chi connectivity index (χ0n) is 7.25. The Morgan fingerprint density at radius 3 is 2.50 bits per heavy atom. The van der Waals surface area contributed by atoms with Crippen LogP contribution in [0.2, 0.25) is 0 Å². The van der Waals surface area contributed by atoms with Gasteiger partial charge in [0.2, 0.25) is 0 Å². The Labute approximate surface area is 78.9 Å². The maximum Gasteiger partial charge on any atom is 0.320 e. The fourth-order valence-electron chi connectivity index (χ4n) is 0.884. The molecule has 0 aromatic rings. The number of aliphatic carboxylic acids is 1. The number of halogens is 1. The van der Waals surface area contributed by atoms with Gasteiger partial charge in [0, 0.05) is 0 Å². The minimum atomic E-state index is -0.787. The van der Waals surface area contributed by atoms with Gasteiger partial charge in [0.05, 0.1) is 0 Å². The molecule has 0 aliphatic carbocycles. The zero-order chi connectivity index (χ0) is 8.69. The van der Waals surface area contributed by atoms with Gasteiger partial charge in [-0.25, -0.2) is 0 Å². The largest absolute Gasteiger partial charge is 0.480 e. The Hall–Kier alpha value is -0.320. The lowest BCUT2D eigenvalue weighted by Gasteiger charge is -2.09. The van der Waals surface area contributed by atoms with Crippen LogP contribution in [0.5, 0.6) is 0 Å². The van der Waals surface area contributed by atoms with Crippen molar-refractivity contribution in [3.05, 3.63) is 0 Å². The molecule has 0 aliphatic heterocycles. The van der Waals surface area contributed by atoms with Gasteiger partial charge in [-0.1, -0.05) is 6.42 Å². The number of likely N-dealkylation sites (N-methyl/N-ethyl adjacent to an activating group) is 1. The van der Waals surface area contributed by atoms with Crippen LogP contribution >= 0.6 is 12.4 Å². The molecule has 1 atom stereocenters. The highest BCUT2D eigenvalue weighted by atomic mass is 35.5. The second kappa shape index (κ2) is 8.77. The van der Waals surface area contributed by atoms with Gasteiger partial charge in [0.25, 0.3) is 0 Å². The smallest absolute Gasteiger partial charge is 0.320 e. The van der Waals surface area contributed by atoms with Crippen molar-refractivity contribution in [2.45, 2.75) is 25.3 Å². The summed E-state index contributed by atoms with van der Waals surface area (Å²) in [7, 11) is 1.65. The van der Waals surface area contributed by atoms with Crippen molar-refractivity contribution in [3.63, 3.8) is 0 Å². The number of nitrogens with one attached hydrogen (secondary N) is 1. The number of rotatable bonds is 6. The minimum absolute atomic E-state index is 0. The van der Waals surface area contributed by atoms with Gasteiger partial charge in [-0.15, -0.1) is 12.4 Å². The summed E-state index contributed by atoms with van der Waals surface area (Å²) in [6.07, 6.45) is 2.42. The van der Waals surface area contributed by atoms with Gasteiger partial charge in [-0.05, 0) is 26.4 Å². The Morgan fingerprint density at radius 2 is 2.17 bits per heavy atom. The average Bonchev–Trinajstić information content (AvgIpc) is 1.97. The highest BCUT2D eigenvalue weighted by Gasteiger charge is 2.12. The highest BCUT2D eigenvalue weighted by molar-refractivity contribution is 5.85. The minimum Gasteiger partial charge on any atom is -0.480 e. The van der Waals surface area contributed by atoms with Crippen LogP contribution in [0.3, 0.4) is 0 Å². The van der Waals surface area contributed by atoms with Crippen LogP contribution in [0.15, 0.2) is 0 Å². The molecule has 0 rings (SSSR count). The topological polar surface area (TPSA) is 75.3 Å². The van der Waals surface area contributed by atoms with E-state index in [9.17, 15) is 4.79 Å². The molecular formula is C7H17ClN2O2. The van der Waals surface area contributed by atoms with Gasteiger partial charge in [-0.2, -0.15) is 0 Å². The van der Waals surface area contributed by atoms with Crippen molar-refractivity contribution in [1.29, 1.82) is 0 Å². The summed E-state index contributed by atoms with van der Waals surface area (Å²) in [4.78, 5) is 10.4. The molecule has 0 radical (unpaired) electrons. The van der Waals surface area contributed by atoms with Crippen LogP contribution in [-0.4, -0.2) is 30.7 Å². The third kappa shape index (κ3) is 6.39. The van der Waals surface area contributed by atoms with Gasteiger partial charge in [0.1, 0.15) is 6.04 Å². The van der Waals surface area contributed by atoms with Crippen molar-refractivity contribution < 1.29 is 9.90 Å². The van der Waals surface area contributed by atoms with E-state index >= 15 is 0 Å². The van der Waals surface area contributed by atoms with Crippen molar-refractivity contribution in [2.75, 3.05) is 13.6 Å². The zero-order valence-corrected chi connectivity index (χ0v) is 8.06. The lowest BCUT2D eigenvalue weighted by atomic mass is 10.1. The molecule has 0 saturated heterocycles. The van der Waals surface area contributed by atoms with E-state index in [1.165, 1.54) is 0 Å². The molecule has 0 aliphatic rings. The molecule has 0 bridgehead atoms. The molecule has 0 aromatic heterocycles. The lowest BCUT2D eigenvalue weighted by molar-refractivity contribution is -0.139. The Morgan fingerprint density at radius 1 is 1.58 bits per heavy atom. The molecule has 0 amide bonds. The number of carbonyl (C=O) groups is 1. The number of nitrogens with two attached hydrogens (primary N) is 1. The van der Waals surface area contributed by atoms with Gasteiger partial charge in [-0.3, -0.25) is 4.79 Å². The van der Waals surface area contributed by atoms with Crippen molar-refractivity contribution in [2.24, 2.45) is 5.73 Å². The van der Waals surface area contributed by atoms with Crippen LogP contribution in [0, 0.1) is 0 Å². The van der Waals surface area contributed by atoms with E-state index in [0.717, 1.165) is 12.8 Å². The summed E-state index contributed by atoms with van der Waals surface area (Å²) in [6.45, 7) is 0.635. The first kappa shape index (κ1) is 14.2. The molecule has 4 N–H and O–H groups in total. The standard InChI is InChI=1S/C7H16N2O2.ClH/c1-9-6(7(10)11)4-2-3-5-8;/h6,9H,2-5,8H2,1H3,(H,10,11);1H/t6-;/m0./s1. The van der Waals surface area contributed by atoms with Crippen molar-refractivity contribution in [1.82, 2.24) is 5.32 Å². The second-order valence-corrected chi connectivity index (χ2v) is 2.46. The second-order valence-electron chi connectivity index (χ2n) is 2.46. The monoisotopic (exact) mass is 196 g/mol. The lowest BCUT2D eigenvalue weighted by Crippen LogP contribution is -2.33. The SMILES string of the molecule is CN[C@@H](CCCCN)C(=O)O.Cl. The van der Waals surface area contributed by atoms with E-state index in [1.807, 2.05) is 0 Å². The van der Waals surface area contributed by atoms with E-state index in [1.54, 1.807) is 7.05 Å². The number of unbranched alkanes of at least 4 members (excludes halogenated alkanes) is 1. The number of hydrogen-bond donors (Lipinski definition) is 3. The number of carboxylic acids is 1. The van der Waals surface area contributed by atoms with Crippen LogP contribution in [0.25, 0.3) is 0 Å².